The molecule has 1 aliphatic heterocycles. The topological polar surface area (TPSA) is 51.5 Å². The van der Waals surface area contributed by atoms with Gasteiger partial charge in [0.2, 0.25) is 5.91 Å². The van der Waals surface area contributed by atoms with Gasteiger partial charge in [-0.2, -0.15) is 0 Å². The molecule has 2 heterocycles. The molecule has 0 N–H and O–H groups in total. The van der Waals surface area contributed by atoms with E-state index in [1.165, 1.54) is 24.8 Å². The lowest BCUT2D eigenvalue weighted by molar-refractivity contribution is -0.143. The predicted molar refractivity (Wildman–Crippen MR) is 133 cm³/mol. The molecular weight excluding hydrogens is 424 g/mol. The standard InChI is InChI=1S/C29H34N2O3/c1-2-34-27(32)20-31-25-16-10-9-15-23(25)24-19-30(18-17-26(24)31)29(33)28(21-11-5-3-6-12-21)22-13-7-4-8-14-22/h3,5-6,9-12,15-16,22,28H,2,4,7-8,13-14,17-20H2,1H3. The summed E-state index contributed by atoms with van der Waals surface area (Å²) in [7, 11) is 0. The molecule has 1 saturated carbocycles. The van der Waals surface area contributed by atoms with Crippen molar-refractivity contribution in [3.63, 3.8) is 0 Å². The van der Waals surface area contributed by atoms with Gasteiger partial charge in [0.15, 0.2) is 0 Å². The molecule has 3 aromatic rings. The average molecular weight is 459 g/mol. The second kappa shape index (κ2) is 10.0. The van der Waals surface area contributed by atoms with E-state index in [1.807, 2.05) is 25.1 Å². The van der Waals surface area contributed by atoms with Gasteiger partial charge in [-0.15, -0.1) is 0 Å². The molecule has 2 aliphatic rings. The van der Waals surface area contributed by atoms with Crippen molar-refractivity contribution in [2.45, 2.75) is 64.5 Å². The van der Waals surface area contributed by atoms with Crippen molar-refractivity contribution < 1.29 is 14.3 Å². The number of benzene rings is 2. The third-order valence-electron chi connectivity index (χ3n) is 7.61. The first-order valence-electron chi connectivity index (χ1n) is 12.8. The first-order valence-corrected chi connectivity index (χ1v) is 12.8. The Balaban J connectivity index is 1.46. The number of esters is 1. The SMILES string of the molecule is CCOC(=O)Cn1c2c(c3ccccc31)CN(C(=O)C(c1ccccc1)C1CCCCC1)CC2. The maximum Gasteiger partial charge on any atom is 0.325 e. The van der Waals surface area contributed by atoms with Gasteiger partial charge in [-0.3, -0.25) is 9.59 Å². The molecule has 1 unspecified atom stereocenters. The van der Waals surface area contributed by atoms with Crippen LogP contribution in [0.15, 0.2) is 54.6 Å². The minimum absolute atomic E-state index is 0.0732. The Morgan fingerprint density at radius 1 is 1.00 bits per heavy atom. The lowest BCUT2D eigenvalue weighted by Crippen LogP contribution is -2.41. The minimum Gasteiger partial charge on any atom is -0.465 e. The monoisotopic (exact) mass is 458 g/mol. The fourth-order valence-corrected chi connectivity index (χ4v) is 6.05. The normalized spacial score (nSPS) is 17.4. The molecule has 1 aromatic heterocycles. The number of hydrogen-bond acceptors (Lipinski definition) is 3. The maximum absolute atomic E-state index is 14.1. The number of nitrogens with zero attached hydrogens (tertiary/aromatic N) is 2. The second-order valence-corrected chi connectivity index (χ2v) is 9.63. The molecule has 2 aromatic carbocycles. The van der Waals surface area contributed by atoms with E-state index in [2.05, 4.69) is 45.9 Å². The summed E-state index contributed by atoms with van der Waals surface area (Å²) in [5.41, 5.74) is 4.53. The second-order valence-electron chi connectivity index (χ2n) is 9.63. The van der Waals surface area contributed by atoms with Crippen LogP contribution in [-0.4, -0.2) is 34.5 Å². The third-order valence-corrected chi connectivity index (χ3v) is 7.61. The number of fused-ring (bicyclic) bond motifs is 3. The summed E-state index contributed by atoms with van der Waals surface area (Å²) in [5, 5.41) is 1.13. The highest BCUT2D eigenvalue weighted by atomic mass is 16.5. The molecule has 1 aliphatic carbocycles. The van der Waals surface area contributed by atoms with Crippen LogP contribution in [0, 0.1) is 5.92 Å². The number of rotatable bonds is 6. The predicted octanol–water partition coefficient (Wildman–Crippen LogP) is 5.45. The molecule has 5 heteroatoms. The minimum atomic E-state index is -0.217. The molecule has 0 saturated heterocycles. The number of carbonyl (C=O) groups excluding carboxylic acids is 2. The Morgan fingerprint density at radius 3 is 2.50 bits per heavy atom. The van der Waals surface area contributed by atoms with Crippen molar-refractivity contribution in [2.24, 2.45) is 5.92 Å². The van der Waals surface area contributed by atoms with Crippen LogP contribution < -0.4 is 0 Å². The maximum atomic E-state index is 14.1. The van der Waals surface area contributed by atoms with Gasteiger partial charge in [0.1, 0.15) is 6.54 Å². The largest absolute Gasteiger partial charge is 0.465 e. The summed E-state index contributed by atoms with van der Waals surface area (Å²) in [4.78, 5) is 28.4. The number of aromatic nitrogens is 1. The van der Waals surface area contributed by atoms with Gasteiger partial charge in [0.25, 0.3) is 0 Å². The lowest BCUT2D eigenvalue weighted by atomic mass is 9.76. The van der Waals surface area contributed by atoms with Crippen molar-refractivity contribution in [3.8, 4) is 0 Å². The Labute approximate surface area is 201 Å². The van der Waals surface area contributed by atoms with E-state index < -0.39 is 0 Å². The van der Waals surface area contributed by atoms with Crippen molar-refractivity contribution in [3.05, 3.63) is 71.4 Å². The zero-order chi connectivity index (χ0) is 23.5. The molecule has 1 amide bonds. The van der Waals surface area contributed by atoms with Crippen LogP contribution in [0.3, 0.4) is 0 Å². The Hall–Kier alpha value is -3.08. The summed E-state index contributed by atoms with van der Waals surface area (Å²) >= 11 is 0. The van der Waals surface area contributed by atoms with Crippen molar-refractivity contribution in [1.82, 2.24) is 9.47 Å². The number of ether oxygens (including phenoxy) is 1. The third kappa shape index (κ3) is 4.36. The van der Waals surface area contributed by atoms with Crippen LogP contribution >= 0.6 is 0 Å². The van der Waals surface area contributed by atoms with Gasteiger partial charge >= 0.3 is 5.97 Å². The zero-order valence-electron chi connectivity index (χ0n) is 20.0. The van der Waals surface area contributed by atoms with Crippen LogP contribution in [-0.2, 0) is 33.8 Å². The smallest absolute Gasteiger partial charge is 0.325 e. The average Bonchev–Trinajstić information content (AvgIpc) is 3.18. The molecule has 5 nitrogen and oxygen atoms in total. The van der Waals surface area contributed by atoms with Gasteiger partial charge < -0.3 is 14.2 Å². The molecule has 0 bridgehead atoms. The Kier molecular flexibility index (Phi) is 6.70. The van der Waals surface area contributed by atoms with Crippen LogP contribution in [0.4, 0.5) is 0 Å². The first kappa shape index (κ1) is 22.7. The van der Waals surface area contributed by atoms with E-state index in [-0.39, 0.29) is 24.3 Å². The number of amides is 1. The van der Waals surface area contributed by atoms with Crippen molar-refractivity contribution >= 4 is 22.8 Å². The fourth-order valence-electron chi connectivity index (χ4n) is 6.05. The van der Waals surface area contributed by atoms with Gasteiger partial charge in [-0.25, -0.2) is 0 Å². The molecule has 5 rings (SSSR count). The zero-order valence-corrected chi connectivity index (χ0v) is 20.0. The highest BCUT2D eigenvalue weighted by Crippen LogP contribution is 2.39. The molecular formula is C29H34N2O3. The number of hydrogen-bond donors (Lipinski definition) is 0. The van der Waals surface area contributed by atoms with Gasteiger partial charge in [-0.1, -0.05) is 67.8 Å². The van der Waals surface area contributed by atoms with E-state index in [9.17, 15) is 9.59 Å². The lowest BCUT2D eigenvalue weighted by Gasteiger charge is -2.36. The molecule has 178 valence electrons. The fraction of sp³-hybridized carbons (Fsp3) is 0.448. The highest BCUT2D eigenvalue weighted by molar-refractivity contribution is 5.89. The van der Waals surface area contributed by atoms with Gasteiger partial charge in [0.05, 0.1) is 12.5 Å². The van der Waals surface area contributed by atoms with E-state index in [0.717, 1.165) is 41.4 Å². The summed E-state index contributed by atoms with van der Waals surface area (Å²) < 4.78 is 7.34. The van der Waals surface area contributed by atoms with Crippen LogP contribution in [0.5, 0.6) is 0 Å². The van der Waals surface area contributed by atoms with E-state index in [0.29, 0.717) is 25.6 Å². The summed E-state index contributed by atoms with van der Waals surface area (Å²) in [6.45, 7) is 3.71. The van der Waals surface area contributed by atoms with Crippen molar-refractivity contribution in [1.29, 1.82) is 0 Å². The highest BCUT2D eigenvalue weighted by Gasteiger charge is 2.36. The van der Waals surface area contributed by atoms with E-state index in [1.54, 1.807) is 0 Å². The van der Waals surface area contributed by atoms with Crippen LogP contribution in [0.25, 0.3) is 10.9 Å². The number of para-hydroxylation sites is 1. The molecule has 1 atom stereocenters. The Morgan fingerprint density at radius 2 is 1.74 bits per heavy atom. The molecule has 0 radical (unpaired) electrons. The molecule has 1 fully saturated rings. The van der Waals surface area contributed by atoms with Gasteiger partial charge in [-0.05, 0) is 37.3 Å². The van der Waals surface area contributed by atoms with Gasteiger partial charge in [0, 0.05) is 41.7 Å². The molecule has 34 heavy (non-hydrogen) atoms. The summed E-state index contributed by atoms with van der Waals surface area (Å²) in [5.74, 6) is 0.378. The quantitative estimate of drug-likeness (QED) is 0.461. The Bertz CT molecular complexity index is 1160. The van der Waals surface area contributed by atoms with Crippen molar-refractivity contribution in [2.75, 3.05) is 13.2 Å². The van der Waals surface area contributed by atoms with E-state index in [4.69, 9.17) is 4.74 Å². The van der Waals surface area contributed by atoms with Crippen LogP contribution in [0.2, 0.25) is 0 Å². The summed E-state index contributed by atoms with van der Waals surface area (Å²) in [6, 6.07) is 18.6. The summed E-state index contributed by atoms with van der Waals surface area (Å²) in [6.07, 6.45) is 6.71. The number of carbonyl (C=O) groups is 2. The molecule has 0 spiro atoms. The van der Waals surface area contributed by atoms with Crippen LogP contribution in [0.1, 0.15) is 61.8 Å². The first-order chi connectivity index (χ1) is 16.7. The van der Waals surface area contributed by atoms with E-state index >= 15 is 0 Å².